The SMILES string of the molecule is CC(=O)N1CCC(N2CCOCC2c2nc(C(C)(C)C)co2)CC1. The van der Waals surface area contributed by atoms with Gasteiger partial charge < -0.3 is 14.1 Å². The van der Waals surface area contributed by atoms with Crippen LogP contribution in [0.5, 0.6) is 0 Å². The summed E-state index contributed by atoms with van der Waals surface area (Å²) in [7, 11) is 0. The Balaban J connectivity index is 1.72. The molecular weight excluding hydrogens is 306 g/mol. The van der Waals surface area contributed by atoms with Gasteiger partial charge in [0, 0.05) is 38.0 Å². The fourth-order valence-electron chi connectivity index (χ4n) is 3.56. The predicted octanol–water partition coefficient (Wildman–Crippen LogP) is 2.36. The number of rotatable bonds is 2. The monoisotopic (exact) mass is 335 g/mol. The summed E-state index contributed by atoms with van der Waals surface area (Å²) in [6.45, 7) is 12.0. The molecular formula is C18H29N3O3. The highest BCUT2D eigenvalue weighted by Crippen LogP contribution is 2.31. The molecule has 1 atom stereocenters. The quantitative estimate of drug-likeness (QED) is 0.830. The van der Waals surface area contributed by atoms with Crippen molar-refractivity contribution in [2.24, 2.45) is 0 Å². The molecule has 2 aliphatic heterocycles. The molecule has 0 aliphatic carbocycles. The fourth-order valence-corrected chi connectivity index (χ4v) is 3.56. The van der Waals surface area contributed by atoms with Crippen molar-refractivity contribution < 1.29 is 13.9 Å². The zero-order chi connectivity index (χ0) is 17.3. The number of carbonyl (C=O) groups is 1. The zero-order valence-corrected chi connectivity index (χ0v) is 15.2. The highest BCUT2D eigenvalue weighted by Gasteiger charge is 2.36. The van der Waals surface area contributed by atoms with Gasteiger partial charge in [-0.25, -0.2) is 4.98 Å². The second kappa shape index (κ2) is 6.84. The first kappa shape index (κ1) is 17.4. The van der Waals surface area contributed by atoms with Gasteiger partial charge in [-0.2, -0.15) is 0 Å². The van der Waals surface area contributed by atoms with Crippen molar-refractivity contribution in [3.63, 3.8) is 0 Å². The molecule has 0 N–H and O–H groups in total. The van der Waals surface area contributed by atoms with Crippen molar-refractivity contribution >= 4 is 5.91 Å². The second-order valence-corrected chi connectivity index (χ2v) is 7.89. The normalized spacial score (nSPS) is 24.3. The molecule has 1 aromatic heterocycles. The summed E-state index contributed by atoms with van der Waals surface area (Å²) >= 11 is 0. The van der Waals surface area contributed by atoms with Crippen molar-refractivity contribution in [3.05, 3.63) is 17.8 Å². The van der Waals surface area contributed by atoms with Crippen molar-refractivity contribution in [1.29, 1.82) is 0 Å². The van der Waals surface area contributed by atoms with Crippen LogP contribution in [0.3, 0.4) is 0 Å². The Bertz CT molecular complexity index is 570. The van der Waals surface area contributed by atoms with Gasteiger partial charge in [0.25, 0.3) is 0 Å². The zero-order valence-electron chi connectivity index (χ0n) is 15.2. The highest BCUT2D eigenvalue weighted by atomic mass is 16.5. The van der Waals surface area contributed by atoms with E-state index in [2.05, 4.69) is 25.7 Å². The van der Waals surface area contributed by atoms with E-state index in [1.807, 2.05) is 4.90 Å². The van der Waals surface area contributed by atoms with Crippen LogP contribution in [0.1, 0.15) is 58.2 Å². The Labute approximate surface area is 144 Å². The molecule has 0 spiro atoms. The van der Waals surface area contributed by atoms with Crippen molar-refractivity contribution in [2.45, 2.75) is 58.0 Å². The van der Waals surface area contributed by atoms with Crippen LogP contribution in [-0.4, -0.2) is 59.6 Å². The number of hydrogen-bond donors (Lipinski definition) is 0. The van der Waals surface area contributed by atoms with Gasteiger partial charge in [-0.1, -0.05) is 20.8 Å². The molecule has 134 valence electrons. The van der Waals surface area contributed by atoms with Crippen LogP contribution in [-0.2, 0) is 14.9 Å². The maximum absolute atomic E-state index is 11.5. The van der Waals surface area contributed by atoms with Crippen LogP contribution < -0.4 is 0 Å². The molecule has 0 radical (unpaired) electrons. The third kappa shape index (κ3) is 3.64. The number of hydrogen-bond acceptors (Lipinski definition) is 5. The van der Waals surface area contributed by atoms with E-state index in [9.17, 15) is 4.79 Å². The van der Waals surface area contributed by atoms with Crippen molar-refractivity contribution in [1.82, 2.24) is 14.8 Å². The molecule has 2 fully saturated rings. The summed E-state index contributed by atoms with van der Waals surface area (Å²) in [5.74, 6) is 0.933. The van der Waals surface area contributed by atoms with Crippen LogP contribution in [0.2, 0.25) is 0 Å². The molecule has 24 heavy (non-hydrogen) atoms. The highest BCUT2D eigenvalue weighted by molar-refractivity contribution is 5.73. The summed E-state index contributed by atoms with van der Waals surface area (Å²) in [6.07, 6.45) is 3.78. The number of carbonyl (C=O) groups excluding carboxylic acids is 1. The first-order chi connectivity index (χ1) is 11.4. The molecule has 0 saturated carbocycles. The van der Waals surface area contributed by atoms with Gasteiger partial charge in [0.05, 0.1) is 18.9 Å². The number of piperidine rings is 1. The van der Waals surface area contributed by atoms with Gasteiger partial charge in [-0.15, -0.1) is 0 Å². The lowest BCUT2D eigenvalue weighted by atomic mass is 9.93. The van der Waals surface area contributed by atoms with Crippen LogP contribution in [0.25, 0.3) is 0 Å². The molecule has 2 aliphatic rings. The fraction of sp³-hybridized carbons (Fsp3) is 0.778. The Morgan fingerprint density at radius 3 is 2.54 bits per heavy atom. The Kier molecular flexibility index (Phi) is 4.97. The Hall–Kier alpha value is -1.40. The Morgan fingerprint density at radius 2 is 1.96 bits per heavy atom. The molecule has 3 rings (SSSR count). The van der Waals surface area contributed by atoms with Gasteiger partial charge in [0.2, 0.25) is 11.8 Å². The summed E-state index contributed by atoms with van der Waals surface area (Å²) in [5, 5.41) is 0. The van der Waals surface area contributed by atoms with E-state index in [1.165, 1.54) is 0 Å². The average Bonchev–Trinajstić information content (AvgIpc) is 3.05. The van der Waals surface area contributed by atoms with Gasteiger partial charge in [0.1, 0.15) is 12.3 Å². The molecule has 6 heteroatoms. The minimum absolute atomic E-state index is 0.0189. The smallest absolute Gasteiger partial charge is 0.219 e. The standard InChI is InChI=1S/C18H29N3O3/c1-13(22)20-7-5-14(6-8-20)21-9-10-23-11-15(21)17-19-16(12-24-17)18(2,3)4/h12,14-15H,5-11H2,1-4H3. The third-order valence-electron chi connectivity index (χ3n) is 5.12. The summed E-state index contributed by atoms with van der Waals surface area (Å²) < 4.78 is 11.5. The number of nitrogens with zero attached hydrogens (tertiary/aromatic N) is 3. The van der Waals surface area contributed by atoms with Crippen molar-refractivity contribution in [2.75, 3.05) is 32.8 Å². The lowest BCUT2D eigenvalue weighted by Crippen LogP contribution is -2.51. The van der Waals surface area contributed by atoms with Gasteiger partial charge in [-0.05, 0) is 12.8 Å². The summed E-state index contributed by atoms with van der Waals surface area (Å²) in [5.41, 5.74) is 0.962. The third-order valence-corrected chi connectivity index (χ3v) is 5.12. The van der Waals surface area contributed by atoms with E-state index < -0.39 is 0 Å². The maximum Gasteiger partial charge on any atom is 0.219 e. The molecule has 6 nitrogen and oxygen atoms in total. The van der Waals surface area contributed by atoms with Crippen molar-refractivity contribution in [3.8, 4) is 0 Å². The second-order valence-electron chi connectivity index (χ2n) is 7.89. The molecule has 3 heterocycles. The Morgan fingerprint density at radius 1 is 1.25 bits per heavy atom. The van der Waals surface area contributed by atoms with Gasteiger partial charge >= 0.3 is 0 Å². The number of aromatic nitrogens is 1. The molecule has 2 saturated heterocycles. The number of likely N-dealkylation sites (tertiary alicyclic amines) is 1. The minimum atomic E-state index is -0.0189. The first-order valence-corrected chi connectivity index (χ1v) is 8.91. The predicted molar refractivity (Wildman–Crippen MR) is 90.7 cm³/mol. The number of ether oxygens (including phenoxy) is 1. The van der Waals surface area contributed by atoms with Gasteiger partial charge in [-0.3, -0.25) is 9.69 Å². The van der Waals surface area contributed by atoms with E-state index in [0.717, 1.165) is 50.7 Å². The minimum Gasteiger partial charge on any atom is -0.447 e. The molecule has 1 aromatic rings. The van der Waals surface area contributed by atoms with E-state index in [0.29, 0.717) is 12.6 Å². The largest absolute Gasteiger partial charge is 0.447 e. The number of oxazole rings is 1. The van der Waals surface area contributed by atoms with Crippen LogP contribution in [0.4, 0.5) is 0 Å². The molecule has 1 unspecified atom stereocenters. The van der Waals surface area contributed by atoms with Gasteiger partial charge in [0.15, 0.2) is 0 Å². The molecule has 1 amide bonds. The lowest BCUT2D eigenvalue weighted by molar-refractivity contribution is -0.131. The maximum atomic E-state index is 11.5. The topological polar surface area (TPSA) is 58.8 Å². The average molecular weight is 335 g/mol. The molecule has 0 bridgehead atoms. The van der Waals surface area contributed by atoms with Crippen LogP contribution in [0, 0.1) is 0 Å². The number of morpholine rings is 1. The van der Waals surface area contributed by atoms with E-state index in [1.54, 1.807) is 13.2 Å². The lowest BCUT2D eigenvalue weighted by Gasteiger charge is -2.43. The first-order valence-electron chi connectivity index (χ1n) is 8.91. The van der Waals surface area contributed by atoms with E-state index >= 15 is 0 Å². The van der Waals surface area contributed by atoms with Crippen LogP contribution >= 0.6 is 0 Å². The number of amides is 1. The van der Waals surface area contributed by atoms with E-state index in [-0.39, 0.29) is 17.4 Å². The van der Waals surface area contributed by atoms with Crippen LogP contribution in [0.15, 0.2) is 10.7 Å². The molecule has 0 aromatic carbocycles. The van der Waals surface area contributed by atoms with E-state index in [4.69, 9.17) is 14.1 Å². The summed E-state index contributed by atoms with van der Waals surface area (Å²) in [4.78, 5) is 20.7. The summed E-state index contributed by atoms with van der Waals surface area (Å²) in [6, 6.07) is 0.531.